The number of amides is 2. The van der Waals surface area contributed by atoms with Crippen LogP contribution in [-0.2, 0) is 12.3 Å². The molecule has 4 rings (SSSR count). The van der Waals surface area contributed by atoms with Crippen LogP contribution >= 0.6 is 11.8 Å². The minimum atomic E-state index is -0.135. The second kappa shape index (κ2) is 10.7. The van der Waals surface area contributed by atoms with Crippen molar-refractivity contribution in [3.63, 3.8) is 0 Å². The lowest BCUT2D eigenvalue weighted by Gasteiger charge is -2.22. The van der Waals surface area contributed by atoms with Crippen LogP contribution in [0, 0.1) is 13.8 Å². The molecule has 0 bridgehead atoms. The molecule has 168 valence electrons. The number of urea groups is 1. The standard InChI is InChI=1S/C25H31N5OS/c1-18-11-13-22(14-12-18)30-23(16-26-24(31)27-21-9-4-3-5-10-21)28-29-25(30)32-17-20-8-6-7-19(2)15-20/h6-8,11-15,21H,3-5,9-10,16-17H2,1-2H3,(H2,26,27,31). The van der Waals surface area contributed by atoms with Crippen LogP contribution in [0.4, 0.5) is 4.79 Å². The zero-order valence-electron chi connectivity index (χ0n) is 18.8. The summed E-state index contributed by atoms with van der Waals surface area (Å²) in [5.74, 6) is 1.53. The monoisotopic (exact) mass is 449 g/mol. The van der Waals surface area contributed by atoms with E-state index in [4.69, 9.17) is 0 Å². The number of carbonyl (C=O) groups excluding carboxylic acids is 1. The highest BCUT2D eigenvalue weighted by Crippen LogP contribution is 2.26. The lowest BCUT2D eigenvalue weighted by atomic mass is 9.96. The van der Waals surface area contributed by atoms with Crippen LogP contribution in [0.1, 0.15) is 54.6 Å². The third-order valence-corrected chi connectivity index (χ3v) is 6.79. The van der Waals surface area contributed by atoms with Gasteiger partial charge in [-0.2, -0.15) is 0 Å². The van der Waals surface area contributed by atoms with Crippen molar-refractivity contribution in [2.45, 2.75) is 69.4 Å². The van der Waals surface area contributed by atoms with E-state index < -0.39 is 0 Å². The first-order valence-corrected chi connectivity index (χ1v) is 12.3. The highest BCUT2D eigenvalue weighted by atomic mass is 32.2. The summed E-state index contributed by atoms with van der Waals surface area (Å²) in [6.07, 6.45) is 5.77. The quantitative estimate of drug-likeness (QED) is 0.480. The molecule has 1 aliphatic carbocycles. The van der Waals surface area contributed by atoms with Crippen molar-refractivity contribution in [3.05, 3.63) is 71.0 Å². The van der Waals surface area contributed by atoms with Crippen molar-refractivity contribution in [1.82, 2.24) is 25.4 Å². The van der Waals surface area contributed by atoms with Gasteiger partial charge < -0.3 is 10.6 Å². The number of rotatable bonds is 7. The van der Waals surface area contributed by atoms with Gasteiger partial charge in [-0.3, -0.25) is 4.57 Å². The molecule has 2 amide bonds. The summed E-state index contributed by atoms with van der Waals surface area (Å²) in [6, 6.07) is 16.9. The zero-order chi connectivity index (χ0) is 22.3. The maximum atomic E-state index is 12.4. The molecule has 32 heavy (non-hydrogen) atoms. The third kappa shape index (κ3) is 5.91. The van der Waals surface area contributed by atoms with Gasteiger partial charge in [-0.15, -0.1) is 10.2 Å². The van der Waals surface area contributed by atoms with E-state index in [9.17, 15) is 4.79 Å². The maximum absolute atomic E-state index is 12.4. The molecule has 2 aromatic carbocycles. The van der Waals surface area contributed by atoms with E-state index in [-0.39, 0.29) is 12.1 Å². The van der Waals surface area contributed by atoms with E-state index in [1.165, 1.54) is 36.0 Å². The van der Waals surface area contributed by atoms with E-state index in [0.717, 1.165) is 35.3 Å². The first-order valence-electron chi connectivity index (χ1n) is 11.3. The van der Waals surface area contributed by atoms with Gasteiger partial charge in [-0.05, 0) is 44.4 Å². The van der Waals surface area contributed by atoms with Gasteiger partial charge >= 0.3 is 6.03 Å². The Bertz CT molecular complexity index is 1040. The smallest absolute Gasteiger partial charge is 0.315 e. The van der Waals surface area contributed by atoms with E-state index >= 15 is 0 Å². The van der Waals surface area contributed by atoms with Crippen LogP contribution in [0.25, 0.3) is 5.69 Å². The van der Waals surface area contributed by atoms with Crippen molar-refractivity contribution in [2.75, 3.05) is 0 Å². The molecule has 7 heteroatoms. The lowest BCUT2D eigenvalue weighted by molar-refractivity contribution is 0.232. The Morgan fingerprint density at radius 1 is 1.03 bits per heavy atom. The Morgan fingerprint density at radius 2 is 1.81 bits per heavy atom. The molecular weight excluding hydrogens is 418 g/mol. The Kier molecular flexibility index (Phi) is 7.47. The fourth-order valence-electron chi connectivity index (χ4n) is 4.05. The predicted molar refractivity (Wildman–Crippen MR) is 129 cm³/mol. The molecule has 3 aromatic rings. The number of aryl methyl sites for hydroxylation is 2. The van der Waals surface area contributed by atoms with Crippen LogP contribution in [0.3, 0.4) is 0 Å². The molecular formula is C25H31N5OS. The van der Waals surface area contributed by atoms with E-state index in [1.807, 2.05) is 4.57 Å². The van der Waals surface area contributed by atoms with Gasteiger partial charge in [0.2, 0.25) is 0 Å². The average molecular weight is 450 g/mol. The summed E-state index contributed by atoms with van der Waals surface area (Å²) >= 11 is 1.65. The van der Waals surface area contributed by atoms with Crippen LogP contribution in [0.2, 0.25) is 0 Å². The van der Waals surface area contributed by atoms with Gasteiger partial charge in [0.15, 0.2) is 11.0 Å². The second-order valence-corrected chi connectivity index (χ2v) is 9.45. The number of carbonyl (C=O) groups is 1. The molecule has 0 saturated heterocycles. The van der Waals surface area contributed by atoms with Crippen molar-refractivity contribution in [1.29, 1.82) is 0 Å². The topological polar surface area (TPSA) is 71.8 Å². The lowest BCUT2D eigenvalue weighted by Crippen LogP contribution is -2.42. The molecule has 0 aliphatic heterocycles. The van der Waals surface area contributed by atoms with Gasteiger partial charge in [-0.1, -0.05) is 78.5 Å². The van der Waals surface area contributed by atoms with Crippen molar-refractivity contribution < 1.29 is 4.79 Å². The summed E-state index contributed by atoms with van der Waals surface area (Å²) < 4.78 is 2.04. The molecule has 0 spiro atoms. The van der Waals surface area contributed by atoms with Crippen LogP contribution < -0.4 is 10.6 Å². The molecule has 2 N–H and O–H groups in total. The fourth-order valence-corrected chi connectivity index (χ4v) is 4.97. The average Bonchev–Trinajstić information content (AvgIpc) is 3.20. The largest absolute Gasteiger partial charge is 0.335 e. The molecule has 6 nitrogen and oxygen atoms in total. The van der Waals surface area contributed by atoms with Crippen LogP contribution in [-0.4, -0.2) is 26.8 Å². The minimum Gasteiger partial charge on any atom is -0.335 e. The van der Waals surface area contributed by atoms with E-state index in [1.54, 1.807) is 11.8 Å². The summed E-state index contributed by atoms with van der Waals surface area (Å²) in [5, 5.41) is 15.8. The van der Waals surface area contributed by atoms with Gasteiger partial charge in [0.25, 0.3) is 0 Å². The molecule has 1 aromatic heterocycles. The van der Waals surface area contributed by atoms with Gasteiger partial charge in [0.05, 0.1) is 6.54 Å². The number of nitrogens with one attached hydrogen (secondary N) is 2. The second-order valence-electron chi connectivity index (χ2n) is 8.51. The summed E-state index contributed by atoms with van der Waals surface area (Å²) in [7, 11) is 0. The molecule has 0 radical (unpaired) electrons. The van der Waals surface area contributed by atoms with Crippen molar-refractivity contribution in [2.24, 2.45) is 0 Å². The molecule has 0 unspecified atom stereocenters. The van der Waals surface area contributed by atoms with E-state index in [2.05, 4.69) is 83.2 Å². The SMILES string of the molecule is Cc1ccc(-n2c(CNC(=O)NC3CCCCC3)nnc2SCc2cccc(C)c2)cc1. The highest BCUT2D eigenvalue weighted by molar-refractivity contribution is 7.98. The Labute approximate surface area is 194 Å². The minimum absolute atomic E-state index is 0.135. The fraction of sp³-hybridized carbons (Fsp3) is 0.400. The maximum Gasteiger partial charge on any atom is 0.315 e. The Hall–Kier alpha value is -2.80. The normalized spacial score (nSPS) is 14.3. The predicted octanol–water partition coefficient (Wildman–Crippen LogP) is 5.31. The van der Waals surface area contributed by atoms with Crippen LogP contribution in [0.5, 0.6) is 0 Å². The molecule has 1 fully saturated rings. The van der Waals surface area contributed by atoms with Gasteiger partial charge in [-0.25, -0.2) is 4.79 Å². The zero-order valence-corrected chi connectivity index (χ0v) is 19.6. The summed E-state index contributed by atoms with van der Waals surface area (Å²) in [5.41, 5.74) is 4.69. The highest BCUT2D eigenvalue weighted by Gasteiger charge is 2.18. The molecule has 1 heterocycles. The first kappa shape index (κ1) is 22.4. The van der Waals surface area contributed by atoms with Crippen molar-refractivity contribution >= 4 is 17.8 Å². The number of thioether (sulfide) groups is 1. The van der Waals surface area contributed by atoms with Crippen LogP contribution in [0.15, 0.2) is 53.7 Å². The number of aromatic nitrogens is 3. The van der Waals surface area contributed by atoms with Crippen molar-refractivity contribution in [3.8, 4) is 5.69 Å². The Morgan fingerprint density at radius 3 is 2.56 bits per heavy atom. The van der Waals surface area contributed by atoms with Gasteiger partial charge in [0.1, 0.15) is 0 Å². The molecule has 0 atom stereocenters. The molecule has 1 aliphatic rings. The number of hydrogen-bond acceptors (Lipinski definition) is 4. The number of nitrogens with zero attached hydrogens (tertiary/aromatic N) is 3. The Balaban J connectivity index is 1.48. The first-order chi connectivity index (χ1) is 15.6. The number of benzene rings is 2. The number of hydrogen-bond donors (Lipinski definition) is 2. The molecule has 1 saturated carbocycles. The summed E-state index contributed by atoms with van der Waals surface area (Å²) in [4.78, 5) is 12.4. The third-order valence-electron chi connectivity index (χ3n) is 5.79. The van der Waals surface area contributed by atoms with Gasteiger partial charge in [0, 0.05) is 17.5 Å². The van der Waals surface area contributed by atoms with E-state index in [0.29, 0.717) is 6.54 Å². The summed E-state index contributed by atoms with van der Waals surface area (Å²) in [6.45, 7) is 4.50.